The molecule has 174 valence electrons. The lowest BCUT2D eigenvalue weighted by molar-refractivity contribution is -0.126. The molecule has 0 radical (unpaired) electrons. The van der Waals surface area contributed by atoms with Crippen molar-refractivity contribution in [1.82, 2.24) is 25.3 Å². The molecule has 2 aliphatic rings. The Kier molecular flexibility index (Phi) is 7.92. The number of carbonyl (C=O) groups is 1. The summed E-state index contributed by atoms with van der Waals surface area (Å²) in [6, 6.07) is 9.85. The highest BCUT2D eigenvalue weighted by molar-refractivity contribution is 5.78. The van der Waals surface area contributed by atoms with Gasteiger partial charge in [0.1, 0.15) is 0 Å². The van der Waals surface area contributed by atoms with E-state index in [2.05, 4.69) is 39.1 Å². The zero-order valence-electron chi connectivity index (χ0n) is 19.5. The van der Waals surface area contributed by atoms with E-state index in [9.17, 15) is 4.79 Å². The van der Waals surface area contributed by atoms with Crippen molar-refractivity contribution < 1.29 is 9.32 Å². The van der Waals surface area contributed by atoms with Crippen LogP contribution in [0.4, 0.5) is 0 Å². The molecule has 0 saturated carbocycles. The highest BCUT2D eigenvalue weighted by Gasteiger charge is 2.27. The maximum atomic E-state index is 12.7. The third-order valence-corrected chi connectivity index (χ3v) is 6.63. The fraction of sp³-hybridized carbons (Fsp3) is 0.640. The van der Waals surface area contributed by atoms with Gasteiger partial charge >= 0.3 is 0 Å². The summed E-state index contributed by atoms with van der Waals surface area (Å²) in [6.07, 6.45) is 4.32. The van der Waals surface area contributed by atoms with E-state index in [4.69, 9.17) is 4.52 Å². The Morgan fingerprint density at radius 2 is 1.91 bits per heavy atom. The minimum atomic E-state index is 0.0373. The highest BCUT2D eigenvalue weighted by Crippen LogP contribution is 2.22. The van der Waals surface area contributed by atoms with Crippen LogP contribution in [-0.2, 0) is 11.3 Å². The molecule has 32 heavy (non-hydrogen) atoms. The van der Waals surface area contributed by atoms with Crippen LogP contribution in [0.25, 0.3) is 11.4 Å². The average molecular weight is 440 g/mol. The molecule has 0 bridgehead atoms. The molecule has 3 unspecified atom stereocenters. The number of nitrogens with one attached hydrogen (secondary N) is 1. The SMILES string of the molecule is CC1CC(C)CN(CCCNC(=O)C2CCCN(Cc3nc(-c4ccccc4)no3)C2)C1. The lowest BCUT2D eigenvalue weighted by Crippen LogP contribution is -2.43. The number of piperidine rings is 2. The van der Waals surface area contributed by atoms with Gasteiger partial charge in [-0.05, 0) is 50.6 Å². The normalized spacial score (nSPS) is 25.0. The Morgan fingerprint density at radius 3 is 2.69 bits per heavy atom. The minimum Gasteiger partial charge on any atom is -0.356 e. The monoisotopic (exact) mass is 439 g/mol. The molecule has 2 aromatic rings. The number of likely N-dealkylation sites (tertiary alicyclic amines) is 2. The number of carbonyl (C=O) groups excluding carboxylic acids is 1. The van der Waals surface area contributed by atoms with Gasteiger partial charge in [0.15, 0.2) is 0 Å². The molecule has 2 saturated heterocycles. The molecule has 4 rings (SSSR count). The molecule has 1 N–H and O–H groups in total. The van der Waals surface area contributed by atoms with Gasteiger partial charge in [-0.3, -0.25) is 9.69 Å². The number of benzene rings is 1. The van der Waals surface area contributed by atoms with E-state index in [0.29, 0.717) is 18.3 Å². The number of amides is 1. The Bertz CT molecular complexity index is 845. The maximum absolute atomic E-state index is 12.7. The molecule has 2 aliphatic heterocycles. The molecule has 1 amide bonds. The first-order chi connectivity index (χ1) is 15.6. The number of aromatic nitrogens is 2. The standard InChI is InChI=1S/C25H37N5O2/c1-19-14-20(2)16-29(15-19)13-7-11-26-25(31)22-10-6-12-30(17-22)18-23-27-24(28-32-23)21-8-4-3-5-9-21/h3-5,8-9,19-20,22H,6-7,10-18H2,1-2H3,(H,26,31). The largest absolute Gasteiger partial charge is 0.356 e. The molecule has 0 spiro atoms. The number of hydrogen-bond acceptors (Lipinski definition) is 6. The quantitative estimate of drug-likeness (QED) is 0.635. The summed E-state index contributed by atoms with van der Waals surface area (Å²) in [5.74, 6) is 3.01. The van der Waals surface area contributed by atoms with Crippen molar-refractivity contribution >= 4 is 5.91 Å². The van der Waals surface area contributed by atoms with E-state index in [0.717, 1.165) is 62.8 Å². The van der Waals surface area contributed by atoms with Crippen molar-refractivity contribution in [3.05, 3.63) is 36.2 Å². The van der Waals surface area contributed by atoms with Gasteiger partial charge in [-0.25, -0.2) is 0 Å². The van der Waals surface area contributed by atoms with Crippen LogP contribution in [-0.4, -0.2) is 65.1 Å². The molecule has 3 heterocycles. The van der Waals surface area contributed by atoms with Crippen molar-refractivity contribution in [3.8, 4) is 11.4 Å². The molecule has 7 heteroatoms. The van der Waals surface area contributed by atoms with Crippen LogP contribution in [0, 0.1) is 17.8 Å². The lowest BCUT2D eigenvalue weighted by atomic mass is 9.92. The predicted octanol–water partition coefficient (Wildman–Crippen LogP) is 3.43. The van der Waals surface area contributed by atoms with E-state index in [-0.39, 0.29) is 11.8 Å². The maximum Gasteiger partial charge on any atom is 0.241 e. The smallest absolute Gasteiger partial charge is 0.241 e. The van der Waals surface area contributed by atoms with Crippen LogP contribution in [0.1, 0.15) is 45.4 Å². The first-order valence-corrected chi connectivity index (χ1v) is 12.2. The van der Waals surface area contributed by atoms with E-state index in [1.807, 2.05) is 30.3 Å². The number of rotatable bonds is 8. The summed E-state index contributed by atoms with van der Waals surface area (Å²) in [4.78, 5) is 22.1. The average Bonchev–Trinajstić information content (AvgIpc) is 3.25. The van der Waals surface area contributed by atoms with Crippen molar-refractivity contribution in [3.63, 3.8) is 0 Å². The van der Waals surface area contributed by atoms with Gasteiger partial charge in [0.05, 0.1) is 12.5 Å². The Balaban J connectivity index is 1.19. The summed E-state index contributed by atoms with van der Waals surface area (Å²) in [6.45, 7) is 11.2. The third kappa shape index (κ3) is 6.39. The second-order valence-electron chi connectivity index (χ2n) is 9.80. The summed E-state index contributed by atoms with van der Waals surface area (Å²) < 4.78 is 5.46. The van der Waals surface area contributed by atoms with Crippen LogP contribution >= 0.6 is 0 Å². The molecule has 1 aromatic heterocycles. The van der Waals surface area contributed by atoms with Crippen LogP contribution in [0.15, 0.2) is 34.9 Å². The molecule has 0 aliphatic carbocycles. The predicted molar refractivity (Wildman–Crippen MR) is 125 cm³/mol. The van der Waals surface area contributed by atoms with Crippen LogP contribution in [0.2, 0.25) is 0 Å². The van der Waals surface area contributed by atoms with Crippen LogP contribution < -0.4 is 5.32 Å². The highest BCUT2D eigenvalue weighted by atomic mass is 16.5. The molecular formula is C25H37N5O2. The summed E-state index contributed by atoms with van der Waals surface area (Å²) >= 11 is 0. The van der Waals surface area contributed by atoms with E-state index in [1.165, 1.54) is 19.5 Å². The Hall–Kier alpha value is -2.25. The second-order valence-corrected chi connectivity index (χ2v) is 9.80. The van der Waals surface area contributed by atoms with Crippen molar-refractivity contribution in [2.45, 2.75) is 46.1 Å². The first-order valence-electron chi connectivity index (χ1n) is 12.2. The molecule has 2 fully saturated rings. The Morgan fingerprint density at radius 1 is 1.12 bits per heavy atom. The van der Waals surface area contributed by atoms with E-state index >= 15 is 0 Å². The molecule has 7 nitrogen and oxygen atoms in total. The van der Waals surface area contributed by atoms with Crippen LogP contribution in [0.5, 0.6) is 0 Å². The molecule has 1 aromatic carbocycles. The third-order valence-electron chi connectivity index (χ3n) is 6.63. The second kappa shape index (κ2) is 11.1. The Labute approximate surface area is 191 Å². The lowest BCUT2D eigenvalue weighted by Gasteiger charge is -2.35. The zero-order valence-corrected chi connectivity index (χ0v) is 19.5. The summed E-state index contributed by atoms with van der Waals surface area (Å²) in [5.41, 5.74) is 0.951. The van der Waals surface area contributed by atoms with Gasteiger partial charge in [-0.2, -0.15) is 4.98 Å². The van der Waals surface area contributed by atoms with Crippen LogP contribution in [0.3, 0.4) is 0 Å². The van der Waals surface area contributed by atoms with Gasteiger partial charge in [0.25, 0.3) is 0 Å². The first kappa shape index (κ1) is 22.9. The van der Waals surface area contributed by atoms with Crippen molar-refractivity contribution in [2.75, 3.05) is 39.3 Å². The van der Waals surface area contributed by atoms with Crippen molar-refractivity contribution in [2.24, 2.45) is 17.8 Å². The fourth-order valence-electron chi connectivity index (χ4n) is 5.26. The number of nitrogens with zero attached hydrogens (tertiary/aromatic N) is 4. The van der Waals surface area contributed by atoms with Gasteiger partial charge in [-0.15, -0.1) is 0 Å². The van der Waals surface area contributed by atoms with Gasteiger partial charge in [0.2, 0.25) is 17.6 Å². The summed E-state index contributed by atoms with van der Waals surface area (Å²) in [5, 5.41) is 7.29. The molecule has 3 atom stereocenters. The molecular weight excluding hydrogens is 402 g/mol. The van der Waals surface area contributed by atoms with Crippen molar-refractivity contribution in [1.29, 1.82) is 0 Å². The van der Waals surface area contributed by atoms with Gasteiger partial charge in [-0.1, -0.05) is 49.3 Å². The van der Waals surface area contributed by atoms with Gasteiger partial charge in [0, 0.05) is 31.7 Å². The van der Waals surface area contributed by atoms with Gasteiger partial charge < -0.3 is 14.7 Å². The van der Waals surface area contributed by atoms with E-state index < -0.39 is 0 Å². The number of hydrogen-bond donors (Lipinski definition) is 1. The minimum absolute atomic E-state index is 0.0373. The topological polar surface area (TPSA) is 74.5 Å². The fourth-order valence-corrected chi connectivity index (χ4v) is 5.26. The summed E-state index contributed by atoms with van der Waals surface area (Å²) in [7, 11) is 0. The zero-order chi connectivity index (χ0) is 22.3. The van der Waals surface area contributed by atoms with E-state index in [1.54, 1.807) is 0 Å².